The van der Waals surface area contributed by atoms with Gasteiger partial charge in [0.15, 0.2) is 0 Å². The van der Waals surface area contributed by atoms with Crippen molar-refractivity contribution in [2.24, 2.45) is 0 Å². The van der Waals surface area contributed by atoms with Gasteiger partial charge in [-0.15, -0.1) is 0 Å². The maximum Gasteiger partial charge on any atom is 0.274 e. The molecule has 1 N–H and O–H groups in total. The van der Waals surface area contributed by atoms with Crippen LogP contribution >= 0.6 is 11.8 Å². The number of hydrogen-bond donors (Lipinski definition) is 1. The van der Waals surface area contributed by atoms with Crippen LogP contribution in [0.25, 0.3) is 0 Å². The number of nitrogens with zero attached hydrogens (tertiary/aromatic N) is 1. The van der Waals surface area contributed by atoms with E-state index in [4.69, 9.17) is 0 Å². The summed E-state index contributed by atoms with van der Waals surface area (Å²) in [5.74, 6) is 0. The van der Waals surface area contributed by atoms with Crippen molar-refractivity contribution in [2.75, 3.05) is 12.8 Å². The molecule has 4 nitrogen and oxygen atoms in total. The van der Waals surface area contributed by atoms with E-state index in [1.165, 1.54) is 25.7 Å². The Balaban J connectivity index is 2.05. The minimum Gasteiger partial charge on any atom is -0.309 e. The fraction of sp³-hybridized carbons (Fsp3) is 0.600. The summed E-state index contributed by atoms with van der Waals surface area (Å²) < 4.78 is 0.317. The Morgan fingerprint density at radius 1 is 1.40 bits per heavy atom. The van der Waals surface area contributed by atoms with Gasteiger partial charge in [-0.2, -0.15) is 11.8 Å². The molecule has 0 heterocycles. The summed E-state index contributed by atoms with van der Waals surface area (Å²) in [5, 5.41) is 14.6. The van der Waals surface area contributed by atoms with Crippen LogP contribution in [0.5, 0.6) is 0 Å². The number of rotatable bonds is 6. The van der Waals surface area contributed by atoms with Gasteiger partial charge < -0.3 is 5.32 Å². The number of hydrogen-bond acceptors (Lipinski definition) is 4. The topological polar surface area (TPSA) is 55.2 Å². The molecule has 1 aliphatic carbocycles. The second-order valence-corrected chi connectivity index (χ2v) is 6.79. The van der Waals surface area contributed by atoms with Crippen LogP contribution in [0.4, 0.5) is 5.69 Å². The summed E-state index contributed by atoms with van der Waals surface area (Å²) in [6.07, 6.45) is 7.24. The highest BCUT2D eigenvalue weighted by atomic mass is 32.2. The summed E-state index contributed by atoms with van der Waals surface area (Å²) in [6, 6.07) is 7.00. The molecule has 110 valence electrons. The predicted molar refractivity (Wildman–Crippen MR) is 84.2 cm³/mol. The van der Waals surface area contributed by atoms with Gasteiger partial charge in [0.05, 0.1) is 4.92 Å². The smallest absolute Gasteiger partial charge is 0.274 e. The summed E-state index contributed by atoms with van der Waals surface area (Å²) in [7, 11) is 0. The summed E-state index contributed by atoms with van der Waals surface area (Å²) >= 11 is 1.93. The molecule has 0 amide bonds. The second-order valence-electron chi connectivity index (χ2n) is 5.51. The first-order valence-corrected chi connectivity index (χ1v) is 8.32. The first-order valence-electron chi connectivity index (χ1n) is 7.10. The summed E-state index contributed by atoms with van der Waals surface area (Å²) in [6.45, 7) is 2.92. The van der Waals surface area contributed by atoms with Crippen molar-refractivity contribution >= 4 is 17.4 Å². The molecule has 20 heavy (non-hydrogen) atoms. The van der Waals surface area contributed by atoms with Gasteiger partial charge in [0.2, 0.25) is 0 Å². The molecule has 0 aliphatic heterocycles. The Morgan fingerprint density at radius 3 is 2.65 bits per heavy atom. The van der Waals surface area contributed by atoms with Crippen LogP contribution in [-0.2, 0) is 0 Å². The number of thioether (sulfide) groups is 1. The van der Waals surface area contributed by atoms with Gasteiger partial charge in [0.25, 0.3) is 5.69 Å². The molecule has 1 atom stereocenters. The molecular weight excluding hydrogens is 272 g/mol. The summed E-state index contributed by atoms with van der Waals surface area (Å²) in [5.41, 5.74) is 0.976. The third-order valence-corrected chi connectivity index (χ3v) is 5.70. The van der Waals surface area contributed by atoms with Crippen LogP contribution < -0.4 is 5.32 Å². The Labute approximate surface area is 124 Å². The first-order chi connectivity index (χ1) is 9.58. The Kier molecular flexibility index (Phi) is 5.05. The van der Waals surface area contributed by atoms with Crippen molar-refractivity contribution in [2.45, 2.75) is 43.4 Å². The molecular formula is C15H22N2O2S. The van der Waals surface area contributed by atoms with Crippen molar-refractivity contribution in [3.63, 3.8) is 0 Å². The number of nitrogens with one attached hydrogen (secondary N) is 1. The van der Waals surface area contributed by atoms with Crippen LogP contribution in [-0.4, -0.2) is 22.5 Å². The molecule has 1 aromatic rings. The molecule has 0 radical (unpaired) electrons. The van der Waals surface area contributed by atoms with Gasteiger partial charge in [0, 0.05) is 29.0 Å². The van der Waals surface area contributed by atoms with E-state index in [0.717, 1.165) is 12.1 Å². The van der Waals surface area contributed by atoms with E-state index >= 15 is 0 Å². The SMILES string of the molecule is CSC1(CNC(C)c2ccccc2[N+](=O)[O-])CCCC1. The normalized spacial score (nSPS) is 18.9. The van der Waals surface area contributed by atoms with Crippen molar-refractivity contribution in [1.29, 1.82) is 0 Å². The Hall–Kier alpha value is -1.07. The van der Waals surface area contributed by atoms with E-state index < -0.39 is 0 Å². The zero-order valence-corrected chi connectivity index (χ0v) is 12.9. The average Bonchev–Trinajstić information content (AvgIpc) is 2.94. The highest BCUT2D eigenvalue weighted by Gasteiger charge is 2.33. The molecule has 0 spiro atoms. The highest BCUT2D eigenvalue weighted by molar-refractivity contribution is 8.00. The zero-order chi connectivity index (χ0) is 14.6. The molecule has 1 fully saturated rings. The molecule has 1 aliphatic rings. The van der Waals surface area contributed by atoms with E-state index in [2.05, 4.69) is 11.6 Å². The molecule has 0 bridgehead atoms. The first kappa shape index (κ1) is 15.3. The van der Waals surface area contributed by atoms with Gasteiger partial charge in [-0.1, -0.05) is 31.0 Å². The largest absolute Gasteiger partial charge is 0.309 e. The van der Waals surface area contributed by atoms with Gasteiger partial charge >= 0.3 is 0 Å². The van der Waals surface area contributed by atoms with Crippen LogP contribution in [0.1, 0.15) is 44.2 Å². The van der Waals surface area contributed by atoms with Crippen LogP contribution in [0.2, 0.25) is 0 Å². The average molecular weight is 294 g/mol. The molecule has 1 unspecified atom stereocenters. The maximum atomic E-state index is 11.1. The lowest BCUT2D eigenvalue weighted by Crippen LogP contribution is -2.36. The Morgan fingerprint density at radius 2 is 2.05 bits per heavy atom. The van der Waals surface area contributed by atoms with Gasteiger partial charge in [0.1, 0.15) is 0 Å². The standard InChI is InChI=1S/C15H22N2O2S/c1-12(13-7-3-4-8-14(13)17(18)19)16-11-15(20-2)9-5-6-10-15/h3-4,7-8,12,16H,5-6,9-11H2,1-2H3. The quantitative estimate of drug-likeness (QED) is 0.638. The number of benzene rings is 1. The minimum absolute atomic E-state index is 0.00113. The monoisotopic (exact) mass is 294 g/mol. The van der Waals surface area contributed by atoms with Gasteiger partial charge in [-0.05, 0) is 26.0 Å². The molecule has 1 saturated carbocycles. The van der Waals surface area contributed by atoms with E-state index in [-0.39, 0.29) is 16.7 Å². The highest BCUT2D eigenvalue weighted by Crippen LogP contribution is 2.40. The minimum atomic E-state index is -0.298. The van der Waals surface area contributed by atoms with E-state index in [9.17, 15) is 10.1 Å². The second kappa shape index (κ2) is 6.59. The fourth-order valence-electron chi connectivity index (χ4n) is 2.94. The predicted octanol–water partition coefficient (Wildman–Crippen LogP) is 3.92. The lowest BCUT2D eigenvalue weighted by molar-refractivity contribution is -0.385. The number of nitro groups is 1. The molecule has 0 saturated heterocycles. The van der Waals surface area contributed by atoms with Crippen LogP contribution in [0.3, 0.4) is 0 Å². The molecule has 0 aromatic heterocycles. The molecule has 5 heteroatoms. The fourth-order valence-corrected chi connectivity index (χ4v) is 3.87. The third kappa shape index (κ3) is 3.33. The number of para-hydroxylation sites is 1. The van der Waals surface area contributed by atoms with Crippen LogP contribution in [0, 0.1) is 10.1 Å². The third-order valence-electron chi connectivity index (χ3n) is 4.28. The molecule has 1 aromatic carbocycles. The molecule has 2 rings (SSSR count). The van der Waals surface area contributed by atoms with E-state index in [1.54, 1.807) is 12.1 Å². The zero-order valence-electron chi connectivity index (χ0n) is 12.1. The van der Waals surface area contributed by atoms with Crippen molar-refractivity contribution in [1.82, 2.24) is 5.32 Å². The lowest BCUT2D eigenvalue weighted by Gasteiger charge is -2.29. The van der Waals surface area contributed by atoms with Crippen molar-refractivity contribution in [3.8, 4) is 0 Å². The van der Waals surface area contributed by atoms with Crippen LogP contribution in [0.15, 0.2) is 24.3 Å². The van der Waals surface area contributed by atoms with Crippen molar-refractivity contribution < 1.29 is 4.92 Å². The van der Waals surface area contributed by atoms with Gasteiger partial charge in [-0.3, -0.25) is 10.1 Å². The Bertz CT molecular complexity index is 473. The van der Waals surface area contributed by atoms with Gasteiger partial charge in [-0.25, -0.2) is 0 Å². The maximum absolute atomic E-state index is 11.1. The lowest BCUT2D eigenvalue weighted by atomic mass is 10.0. The van der Waals surface area contributed by atoms with E-state index in [1.807, 2.05) is 30.8 Å². The summed E-state index contributed by atoms with van der Waals surface area (Å²) in [4.78, 5) is 10.8. The number of nitro benzene ring substituents is 1. The van der Waals surface area contributed by atoms with E-state index in [0.29, 0.717) is 4.75 Å². The van der Waals surface area contributed by atoms with Crippen molar-refractivity contribution in [3.05, 3.63) is 39.9 Å².